The Morgan fingerprint density at radius 1 is 1.24 bits per heavy atom. The van der Waals surface area contributed by atoms with E-state index in [9.17, 15) is 4.79 Å². The van der Waals surface area contributed by atoms with Crippen molar-refractivity contribution < 1.29 is 4.79 Å². The largest absolute Gasteiger partial charge is 0.350 e. The van der Waals surface area contributed by atoms with Gasteiger partial charge in [-0.15, -0.1) is 0 Å². The fourth-order valence-electron chi connectivity index (χ4n) is 1.62. The molecular formula is C15H19N5O. The smallest absolute Gasteiger partial charge is 0.254 e. The highest BCUT2D eigenvalue weighted by Crippen LogP contribution is 2.03. The lowest BCUT2D eigenvalue weighted by molar-refractivity contribution is 0.0938. The van der Waals surface area contributed by atoms with Crippen LogP contribution in [-0.2, 0) is 6.54 Å². The number of anilines is 1. The molecule has 0 radical (unpaired) electrons. The molecule has 2 N–H and O–H groups in total. The minimum Gasteiger partial charge on any atom is -0.350 e. The molecule has 6 heteroatoms. The summed E-state index contributed by atoms with van der Waals surface area (Å²) in [4.78, 5) is 24.4. The summed E-state index contributed by atoms with van der Waals surface area (Å²) in [6, 6.07) is 5.85. The quantitative estimate of drug-likeness (QED) is 0.848. The van der Waals surface area contributed by atoms with Gasteiger partial charge in [-0.1, -0.05) is 13.0 Å². The van der Waals surface area contributed by atoms with Crippen LogP contribution >= 0.6 is 0 Å². The number of nitrogens with one attached hydrogen (secondary N) is 2. The van der Waals surface area contributed by atoms with Gasteiger partial charge in [0.05, 0.1) is 17.8 Å². The molecule has 0 saturated heterocycles. The summed E-state index contributed by atoms with van der Waals surface area (Å²) in [5.74, 6) is 0.321. The van der Waals surface area contributed by atoms with Crippen LogP contribution in [0.3, 0.4) is 0 Å². The van der Waals surface area contributed by atoms with Gasteiger partial charge in [0.1, 0.15) is 0 Å². The number of hydrogen-bond donors (Lipinski definition) is 2. The lowest BCUT2D eigenvalue weighted by Gasteiger charge is -2.11. The average molecular weight is 285 g/mol. The zero-order valence-corrected chi connectivity index (χ0v) is 12.2. The second-order valence-corrected chi connectivity index (χ2v) is 4.75. The van der Waals surface area contributed by atoms with Crippen molar-refractivity contribution in [1.29, 1.82) is 0 Å². The van der Waals surface area contributed by atoms with Gasteiger partial charge in [-0.2, -0.15) is 0 Å². The molecule has 21 heavy (non-hydrogen) atoms. The molecule has 110 valence electrons. The Labute approximate surface area is 124 Å². The highest BCUT2D eigenvalue weighted by molar-refractivity contribution is 5.93. The van der Waals surface area contributed by atoms with Crippen LogP contribution in [-0.4, -0.2) is 26.9 Å². The second kappa shape index (κ2) is 7.33. The molecule has 2 aromatic rings. The van der Waals surface area contributed by atoms with Crippen molar-refractivity contribution in [2.24, 2.45) is 0 Å². The maximum absolute atomic E-state index is 11.9. The third kappa shape index (κ3) is 4.52. The van der Waals surface area contributed by atoms with Crippen LogP contribution < -0.4 is 10.6 Å². The lowest BCUT2D eigenvalue weighted by atomic mass is 10.2. The molecule has 1 amide bonds. The van der Waals surface area contributed by atoms with Gasteiger partial charge in [0.25, 0.3) is 5.91 Å². The monoisotopic (exact) mass is 285 g/mol. The first-order valence-corrected chi connectivity index (χ1v) is 6.95. The summed E-state index contributed by atoms with van der Waals surface area (Å²) < 4.78 is 0. The van der Waals surface area contributed by atoms with Crippen LogP contribution in [0.25, 0.3) is 0 Å². The molecule has 6 nitrogen and oxygen atoms in total. The van der Waals surface area contributed by atoms with Crippen LogP contribution in [0.4, 0.5) is 5.95 Å². The molecule has 2 heterocycles. The maximum atomic E-state index is 11.9. The molecule has 0 spiro atoms. The van der Waals surface area contributed by atoms with Gasteiger partial charge in [-0.3, -0.25) is 9.78 Å². The summed E-state index contributed by atoms with van der Waals surface area (Å²) in [6.45, 7) is 4.52. The predicted molar refractivity (Wildman–Crippen MR) is 80.8 cm³/mol. The molecule has 0 bridgehead atoms. The summed E-state index contributed by atoms with van der Waals surface area (Å²) in [7, 11) is 0. The molecule has 0 saturated carbocycles. The van der Waals surface area contributed by atoms with Crippen LogP contribution in [0, 0.1) is 0 Å². The van der Waals surface area contributed by atoms with Crippen LogP contribution in [0.1, 0.15) is 36.3 Å². The van der Waals surface area contributed by atoms with Crippen LogP contribution in [0.15, 0.2) is 36.8 Å². The van der Waals surface area contributed by atoms with Gasteiger partial charge >= 0.3 is 0 Å². The van der Waals surface area contributed by atoms with Crippen molar-refractivity contribution >= 4 is 11.9 Å². The second-order valence-electron chi connectivity index (χ2n) is 4.75. The molecule has 0 aromatic carbocycles. The molecule has 0 aliphatic heterocycles. The first-order valence-electron chi connectivity index (χ1n) is 6.95. The normalized spacial score (nSPS) is 11.7. The summed E-state index contributed by atoms with van der Waals surface area (Å²) in [6.07, 6.45) is 5.66. The number of pyridine rings is 1. The van der Waals surface area contributed by atoms with Gasteiger partial charge in [-0.25, -0.2) is 9.97 Å². The van der Waals surface area contributed by atoms with Crippen molar-refractivity contribution in [2.45, 2.75) is 32.9 Å². The summed E-state index contributed by atoms with van der Waals surface area (Å²) in [5.41, 5.74) is 1.36. The topological polar surface area (TPSA) is 79.8 Å². The summed E-state index contributed by atoms with van der Waals surface area (Å²) >= 11 is 0. The minimum absolute atomic E-state index is 0.138. The number of aromatic nitrogens is 3. The minimum atomic E-state index is -0.152. The zero-order valence-electron chi connectivity index (χ0n) is 12.2. The lowest BCUT2D eigenvalue weighted by Crippen LogP contribution is -2.32. The third-order valence-electron chi connectivity index (χ3n) is 3.06. The number of carbonyl (C=O) groups is 1. The standard InChI is InChI=1S/C15H19N5O/c1-3-11(2)20-14(21)12-8-17-15(18-9-12)19-10-13-6-4-5-7-16-13/h4-9,11H,3,10H2,1-2H3,(H,20,21)(H,17,18,19). The van der Waals surface area contributed by atoms with E-state index in [1.807, 2.05) is 32.0 Å². The average Bonchev–Trinajstić information content (AvgIpc) is 2.54. The Hall–Kier alpha value is -2.50. The van der Waals surface area contributed by atoms with Crippen molar-refractivity contribution in [3.05, 3.63) is 48.0 Å². The number of rotatable bonds is 6. The SMILES string of the molecule is CCC(C)NC(=O)c1cnc(NCc2ccccn2)nc1. The van der Waals surface area contributed by atoms with E-state index in [0.717, 1.165) is 12.1 Å². The van der Waals surface area contributed by atoms with E-state index in [4.69, 9.17) is 0 Å². The molecular weight excluding hydrogens is 266 g/mol. The Bertz CT molecular complexity index is 570. The van der Waals surface area contributed by atoms with E-state index < -0.39 is 0 Å². The van der Waals surface area contributed by atoms with Crippen molar-refractivity contribution in [1.82, 2.24) is 20.3 Å². The molecule has 2 rings (SSSR count). The van der Waals surface area contributed by atoms with Crippen LogP contribution in [0.5, 0.6) is 0 Å². The molecule has 0 aliphatic carbocycles. The molecule has 0 fully saturated rings. The Morgan fingerprint density at radius 2 is 2.00 bits per heavy atom. The van der Waals surface area contributed by atoms with Gasteiger partial charge in [0, 0.05) is 24.6 Å². The fourth-order valence-corrected chi connectivity index (χ4v) is 1.62. The van der Waals surface area contributed by atoms with Gasteiger partial charge in [0.2, 0.25) is 5.95 Å². The highest BCUT2D eigenvalue weighted by atomic mass is 16.1. The Balaban J connectivity index is 1.91. The van der Waals surface area contributed by atoms with Crippen LogP contribution in [0.2, 0.25) is 0 Å². The van der Waals surface area contributed by atoms with E-state index >= 15 is 0 Å². The fraction of sp³-hybridized carbons (Fsp3) is 0.333. The van der Waals surface area contributed by atoms with Gasteiger partial charge in [0.15, 0.2) is 0 Å². The van der Waals surface area contributed by atoms with Crippen molar-refractivity contribution in [2.75, 3.05) is 5.32 Å². The Morgan fingerprint density at radius 3 is 2.62 bits per heavy atom. The predicted octanol–water partition coefficient (Wildman–Crippen LogP) is 2.01. The van der Waals surface area contributed by atoms with E-state index in [1.54, 1.807) is 6.20 Å². The number of carbonyl (C=O) groups excluding carboxylic acids is 1. The maximum Gasteiger partial charge on any atom is 0.254 e. The van der Waals surface area contributed by atoms with E-state index in [2.05, 4.69) is 25.6 Å². The number of hydrogen-bond acceptors (Lipinski definition) is 5. The first-order chi connectivity index (χ1) is 10.2. The van der Waals surface area contributed by atoms with Crippen molar-refractivity contribution in [3.63, 3.8) is 0 Å². The van der Waals surface area contributed by atoms with Gasteiger partial charge in [-0.05, 0) is 25.5 Å². The first kappa shape index (κ1) is 14.9. The molecule has 1 atom stereocenters. The van der Waals surface area contributed by atoms with E-state index in [1.165, 1.54) is 12.4 Å². The zero-order chi connectivity index (χ0) is 15.1. The Kier molecular flexibility index (Phi) is 5.20. The molecule has 1 unspecified atom stereocenters. The van der Waals surface area contributed by atoms with Gasteiger partial charge < -0.3 is 10.6 Å². The summed E-state index contributed by atoms with van der Waals surface area (Å²) in [5, 5.41) is 5.94. The molecule has 2 aromatic heterocycles. The van der Waals surface area contributed by atoms with E-state index in [0.29, 0.717) is 18.1 Å². The number of amides is 1. The highest BCUT2D eigenvalue weighted by Gasteiger charge is 2.09. The molecule has 0 aliphatic rings. The van der Waals surface area contributed by atoms with Crippen molar-refractivity contribution in [3.8, 4) is 0 Å². The van der Waals surface area contributed by atoms with E-state index in [-0.39, 0.29) is 11.9 Å². The number of nitrogens with zero attached hydrogens (tertiary/aromatic N) is 3. The third-order valence-corrected chi connectivity index (χ3v) is 3.06.